The minimum atomic E-state index is -0.381. The van der Waals surface area contributed by atoms with E-state index in [2.05, 4.69) is 20.8 Å². The van der Waals surface area contributed by atoms with E-state index in [4.69, 9.17) is 0 Å². The molecule has 3 N–H and O–H groups in total. The first kappa shape index (κ1) is 12.9. The fourth-order valence-electron chi connectivity index (χ4n) is 5.76. The van der Waals surface area contributed by atoms with E-state index in [0.717, 1.165) is 19.3 Å². The highest BCUT2D eigenvalue weighted by atomic mass is 16.3. The monoisotopic (exact) mass is 254 g/mol. The minimum Gasteiger partial charge on any atom is -0.396 e. The Morgan fingerprint density at radius 3 is 2.28 bits per heavy atom. The second-order valence-corrected chi connectivity index (χ2v) is 7.77. The maximum Gasteiger partial charge on any atom is 0.0638 e. The van der Waals surface area contributed by atoms with Crippen LogP contribution in [0, 0.1) is 28.1 Å². The molecule has 7 atom stereocenters. The summed E-state index contributed by atoms with van der Waals surface area (Å²) < 4.78 is 0. The smallest absolute Gasteiger partial charge is 0.0638 e. The van der Waals surface area contributed by atoms with Crippen LogP contribution in [0.3, 0.4) is 0 Å². The average molecular weight is 254 g/mol. The van der Waals surface area contributed by atoms with Crippen LogP contribution in [0.2, 0.25) is 0 Å². The van der Waals surface area contributed by atoms with Crippen molar-refractivity contribution in [3.8, 4) is 0 Å². The lowest BCUT2D eigenvalue weighted by Crippen LogP contribution is -2.49. The fraction of sp³-hybridized carbons (Fsp3) is 1.00. The van der Waals surface area contributed by atoms with Gasteiger partial charge in [0.1, 0.15) is 0 Å². The highest BCUT2D eigenvalue weighted by molar-refractivity contribution is 5.22. The Hall–Kier alpha value is -0.120. The van der Waals surface area contributed by atoms with Gasteiger partial charge in [0.05, 0.1) is 12.2 Å². The molecule has 0 aromatic rings. The van der Waals surface area contributed by atoms with Crippen molar-refractivity contribution in [2.24, 2.45) is 28.1 Å². The molecule has 0 radical (unpaired) electrons. The zero-order valence-electron chi connectivity index (χ0n) is 11.7. The van der Waals surface area contributed by atoms with Crippen molar-refractivity contribution in [1.82, 2.24) is 0 Å². The molecule has 0 heterocycles. The van der Waals surface area contributed by atoms with E-state index >= 15 is 0 Å². The largest absolute Gasteiger partial charge is 0.396 e. The van der Waals surface area contributed by atoms with Crippen LogP contribution < -0.4 is 0 Å². The van der Waals surface area contributed by atoms with Gasteiger partial charge < -0.3 is 15.3 Å². The second kappa shape index (κ2) is 3.50. The summed E-state index contributed by atoms with van der Waals surface area (Å²) in [6, 6.07) is 0. The number of aliphatic hydroxyl groups is 3. The summed E-state index contributed by atoms with van der Waals surface area (Å²) in [7, 11) is 0. The summed E-state index contributed by atoms with van der Waals surface area (Å²) in [4.78, 5) is 0. The summed E-state index contributed by atoms with van der Waals surface area (Å²) in [5, 5.41) is 31.0. The fourth-order valence-corrected chi connectivity index (χ4v) is 5.76. The van der Waals surface area contributed by atoms with Gasteiger partial charge in [-0.1, -0.05) is 27.2 Å². The zero-order chi connectivity index (χ0) is 13.3. The predicted octanol–water partition coefficient (Wildman–Crippen LogP) is 1.55. The third kappa shape index (κ3) is 1.17. The van der Waals surface area contributed by atoms with Gasteiger partial charge >= 0.3 is 0 Å². The summed E-state index contributed by atoms with van der Waals surface area (Å²) in [5.74, 6) is 0.195. The first-order chi connectivity index (χ1) is 8.30. The maximum absolute atomic E-state index is 10.8. The van der Waals surface area contributed by atoms with Gasteiger partial charge in [0.25, 0.3) is 0 Å². The number of rotatable bonds is 1. The van der Waals surface area contributed by atoms with Crippen LogP contribution >= 0.6 is 0 Å². The molecule has 0 unspecified atom stereocenters. The molecule has 0 amide bonds. The van der Waals surface area contributed by atoms with Crippen molar-refractivity contribution in [3.63, 3.8) is 0 Å². The molecular weight excluding hydrogens is 228 g/mol. The normalized spacial score (nSPS) is 63.0. The van der Waals surface area contributed by atoms with E-state index in [1.165, 1.54) is 0 Å². The molecule has 0 aromatic heterocycles. The molecule has 3 fully saturated rings. The lowest BCUT2D eigenvalue weighted by atomic mass is 9.62. The standard InChI is InChI=1S/C15H26O3/c1-13(8-16)5-4-6-14(2)10-9(17)7-15(14,3)12(18)11(10)13/h9-12,16-18H,4-8H2,1-3H3/t9-,10+,11-,12-,13-,14-,15+/m1/s1. The van der Waals surface area contributed by atoms with Crippen molar-refractivity contribution < 1.29 is 15.3 Å². The molecule has 0 aliphatic heterocycles. The maximum atomic E-state index is 10.8. The quantitative estimate of drug-likeness (QED) is 0.665. The van der Waals surface area contributed by atoms with E-state index in [1.807, 2.05) is 0 Å². The Balaban J connectivity index is 2.14. The Morgan fingerprint density at radius 1 is 1.00 bits per heavy atom. The van der Waals surface area contributed by atoms with Crippen molar-refractivity contribution in [1.29, 1.82) is 0 Å². The molecule has 0 aromatic carbocycles. The van der Waals surface area contributed by atoms with E-state index in [-0.39, 0.29) is 46.9 Å². The third-order valence-corrected chi connectivity index (χ3v) is 7.08. The van der Waals surface area contributed by atoms with Gasteiger partial charge in [-0.3, -0.25) is 0 Å². The van der Waals surface area contributed by atoms with Gasteiger partial charge in [-0.05, 0) is 41.9 Å². The van der Waals surface area contributed by atoms with Crippen LogP contribution in [-0.4, -0.2) is 34.1 Å². The summed E-state index contributed by atoms with van der Waals surface area (Å²) >= 11 is 0. The molecule has 3 saturated carbocycles. The highest BCUT2D eigenvalue weighted by Crippen LogP contribution is 2.73. The summed E-state index contributed by atoms with van der Waals surface area (Å²) in [5.41, 5.74) is -0.386. The van der Waals surface area contributed by atoms with Crippen LogP contribution in [0.25, 0.3) is 0 Å². The topological polar surface area (TPSA) is 60.7 Å². The molecule has 104 valence electrons. The van der Waals surface area contributed by atoms with Crippen LogP contribution in [0.4, 0.5) is 0 Å². The summed E-state index contributed by atoms with van der Waals surface area (Å²) in [6.45, 7) is 6.59. The molecule has 0 spiro atoms. The Kier molecular flexibility index (Phi) is 2.51. The lowest BCUT2D eigenvalue weighted by Gasteiger charge is -2.46. The van der Waals surface area contributed by atoms with Crippen molar-refractivity contribution >= 4 is 0 Å². The average Bonchev–Trinajstić information content (AvgIpc) is 2.53. The van der Waals surface area contributed by atoms with Gasteiger partial charge in [0, 0.05) is 12.0 Å². The summed E-state index contributed by atoms with van der Waals surface area (Å²) in [6.07, 6.45) is 3.14. The third-order valence-electron chi connectivity index (χ3n) is 7.08. The van der Waals surface area contributed by atoms with E-state index in [9.17, 15) is 15.3 Å². The van der Waals surface area contributed by atoms with Crippen LogP contribution in [-0.2, 0) is 0 Å². The first-order valence-electron chi connectivity index (χ1n) is 7.27. The molecule has 18 heavy (non-hydrogen) atoms. The van der Waals surface area contributed by atoms with Gasteiger partial charge in [0.2, 0.25) is 0 Å². The van der Waals surface area contributed by atoms with Crippen molar-refractivity contribution in [3.05, 3.63) is 0 Å². The number of hydrogen-bond acceptors (Lipinski definition) is 3. The zero-order valence-corrected chi connectivity index (χ0v) is 11.7. The van der Waals surface area contributed by atoms with Gasteiger partial charge in [0.15, 0.2) is 0 Å². The van der Waals surface area contributed by atoms with Crippen molar-refractivity contribution in [2.45, 2.75) is 58.7 Å². The Morgan fingerprint density at radius 2 is 1.67 bits per heavy atom. The van der Waals surface area contributed by atoms with Crippen LogP contribution in [0.15, 0.2) is 0 Å². The number of hydrogen-bond donors (Lipinski definition) is 3. The van der Waals surface area contributed by atoms with Gasteiger partial charge in [-0.2, -0.15) is 0 Å². The molecule has 3 nitrogen and oxygen atoms in total. The van der Waals surface area contributed by atoms with E-state index in [1.54, 1.807) is 0 Å². The van der Waals surface area contributed by atoms with E-state index in [0.29, 0.717) is 6.42 Å². The van der Waals surface area contributed by atoms with Crippen molar-refractivity contribution in [2.75, 3.05) is 6.61 Å². The molecule has 3 aliphatic carbocycles. The molecular formula is C15H26O3. The highest BCUT2D eigenvalue weighted by Gasteiger charge is 2.74. The molecule has 0 saturated heterocycles. The van der Waals surface area contributed by atoms with Gasteiger partial charge in [-0.25, -0.2) is 0 Å². The first-order valence-corrected chi connectivity index (χ1v) is 7.27. The SMILES string of the molecule is C[C@]1(CO)CCC[C@]2(C)[C@@H]3[C@@H]1[C@@H](O)[C@]2(C)C[C@H]3O. The molecule has 3 aliphatic rings. The lowest BCUT2D eigenvalue weighted by molar-refractivity contribution is -0.102. The Bertz CT molecular complexity index is 371. The molecule has 4 bridgehead atoms. The van der Waals surface area contributed by atoms with E-state index < -0.39 is 0 Å². The molecule has 3 rings (SSSR count). The molecule has 3 heteroatoms. The Labute approximate surface area is 109 Å². The predicted molar refractivity (Wildman–Crippen MR) is 68.9 cm³/mol. The number of aliphatic hydroxyl groups excluding tert-OH is 3. The van der Waals surface area contributed by atoms with Crippen LogP contribution in [0.1, 0.15) is 46.5 Å². The van der Waals surface area contributed by atoms with Crippen LogP contribution in [0.5, 0.6) is 0 Å². The second-order valence-electron chi connectivity index (χ2n) is 7.77. The minimum absolute atomic E-state index is 0.0312. The van der Waals surface area contributed by atoms with Gasteiger partial charge in [-0.15, -0.1) is 0 Å².